The lowest BCUT2D eigenvalue weighted by Gasteiger charge is -2.39. The van der Waals surface area contributed by atoms with Gasteiger partial charge < -0.3 is 0 Å². The molecule has 6 heteroatoms. The predicted molar refractivity (Wildman–Crippen MR) is 124 cm³/mol. The molecular formula is C25H29FN4S. The van der Waals surface area contributed by atoms with Crippen LogP contribution >= 0.6 is 12.2 Å². The fourth-order valence-electron chi connectivity index (χ4n) is 6.01. The number of nitrogens with zero attached hydrogens (tertiary/aromatic N) is 4. The van der Waals surface area contributed by atoms with E-state index in [1.54, 1.807) is 12.1 Å². The van der Waals surface area contributed by atoms with Crippen LogP contribution < -0.4 is 0 Å². The Morgan fingerprint density at radius 1 is 1.03 bits per heavy atom. The van der Waals surface area contributed by atoms with Gasteiger partial charge in [0.15, 0.2) is 5.82 Å². The van der Waals surface area contributed by atoms with Crippen LogP contribution in [-0.2, 0) is 6.67 Å². The van der Waals surface area contributed by atoms with Gasteiger partial charge in [0.2, 0.25) is 4.77 Å². The molecule has 0 N–H and O–H groups in total. The number of para-hydroxylation sites is 1. The van der Waals surface area contributed by atoms with E-state index in [9.17, 15) is 4.39 Å². The molecule has 2 atom stereocenters. The monoisotopic (exact) mass is 436 g/mol. The van der Waals surface area contributed by atoms with Crippen molar-refractivity contribution in [1.82, 2.24) is 19.2 Å². The summed E-state index contributed by atoms with van der Waals surface area (Å²) in [5.74, 6) is 0.484. The van der Waals surface area contributed by atoms with Gasteiger partial charge in [-0.05, 0) is 78.7 Å². The van der Waals surface area contributed by atoms with Gasteiger partial charge in [-0.25, -0.2) is 9.07 Å². The van der Waals surface area contributed by atoms with Crippen LogP contribution in [0.25, 0.3) is 17.1 Å². The molecule has 2 aromatic carbocycles. The van der Waals surface area contributed by atoms with Crippen molar-refractivity contribution in [1.29, 1.82) is 0 Å². The quantitative estimate of drug-likeness (QED) is 0.465. The Kier molecular flexibility index (Phi) is 4.90. The van der Waals surface area contributed by atoms with Gasteiger partial charge in [-0.1, -0.05) is 39.0 Å². The molecule has 1 aromatic heterocycles. The first-order valence-corrected chi connectivity index (χ1v) is 11.4. The van der Waals surface area contributed by atoms with E-state index >= 15 is 0 Å². The Hall–Kier alpha value is -2.31. The Balaban J connectivity index is 1.55. The Labute approximate surface area is 188 Å². The highest BCUT2D eigenvalue weighted by molar-refractivity contribution is 7.71. The lowest BCUT2D eigenvalue weighted by Crippen LogP contribution is -2.35. The van der Waals surface area contributed by atoms with Crippen LogP contribution in [-0.4, -0.2) is 31.8 Å². The molecule has 1 aliphatic carbocycles. The summed E-state index contributed by atoms with van der Waals surface area (Å²) in [7, 11) is 0. The first kappa shape index (κ1) is 20.6. The van der Waals surface area contributed by atoms with Crippen LogP contribution in [0.1, 0.15) is 40.0 Å². The first-order chi connectivity index (χ1) is 14.7. The third kappa shape index (κ3) is 3.87. The Morgan fingerprint density at radius 3 is 2.45 bits per heavy atom. The van der Waals surface area contributed by atoms with E-state index in [1.165, 1.54) is 31.4 Å². The average molecular weight is 437 g/mol. The van der Waals surface area contributed by atoms with E-state index in [1.807, 2.05) is 39.6 Å². The van der Waals surface area contributed by atoms with Gasteiger partial charge in [-0.15, -0.1) is 5.10 Å². The minimum absolute atomic E-state index is 0.256. The minimum atomic E-state index is -0.256. The van der Waals surface area contributed by atoms with E-state index in [2.05, 4.69) is 25.7 Å². The van der Waals surface area contributed by atoms with Gasteiger partial charge in [0.25, 0.3) is 0 Å². The van der Waals surface area contributed by atoms with Crippen molar-refractivity contribution in [2.45, 2.75) is 52.7 Å². The molecule has 1 saturated carbocycles. The second kappa shape index (κ2) is 7.38. The number of likely N-dealkylation sites (tertiary alicyclic amines) is 1. The van der Waals surface area contributed by atoms with Gasteiger partial charge in [-0.3, -0.25) is 9.47 Å². The SMILES string of the molecule is CC1(C)C[C@H]2C[C@](C)(CN2Cn2nc(-c3ccc(F)cc3)n(-c3ccccc3)c2=S)C1. The van der Waals surface area contributed by atoms with Crippen LogP contribution in [0.4, 0.5) is 4.39 Å². The van der Waals surface area contributed by atoms with Crippen molar-refractivity contribution in [2.75, 3.05) is 6.54 Å². The van der Waals surface area contributed by atoms with Crippen LogP contribution in [0.15, 0.2) is 54.6 Å². The molecule has 0 radical (unpaired) electrons. The zero-order valence-electron chi connectivity index (χ0n) is 18.4. The number of fused-ring (bicyclic) bond motifs is 2. The van der Waals surface area contributed by atoms with E-state index in [0.29, 0.717) is 28.3 Å². The summed E-state index contributed by atoms with van der Waals surface area (Å²) in [5, 5.41) is 4.93. The van der Waals surface area contributed by atoms with Crippen molar-refractivity contribution in [3.05, 3.63) is 65.2 Å². The first-order valence-electron chi connectivity index (χ1n) is 11.0. The summed E-state index contributed by atoms with van der Waals surface area (Å²) in [4.78, 5) is 2.56. The topological polar surface area (TPSA) is 26.0 Å². The second-order valence-electron chi connectivity index (χ2n) is 10.4. The lowest BCUT2D eigenvalue weighted by molar-refractivity contribution is 0.119. The fraction of sp³-hybridized carbons (Fsp3) is 0.440. The molecule has 2 aliphatic rings. The number of hydrogen-bond acceptors (Lipinski definition) is 3. The third-order valence-corrected chi connectivity index (χ3v) is 7.19. The van der Waals surface area contributed by atoms with Crippen LogP contribution in [0.5, 0.6) is 0 Å². The van der Waals surface area contributed by atoms with E-state index < -0.39 is 0 Å². The van der Waals surface area contributed by atoms with E-state index in [0.717, 1.165) is 23.6 Å². The number of aromatic nitrogens is 3. The van der Waals surface area contributed by atoms with Crippen molar-refractivity contribution in [3.63, 3.8) is 0 Å². The maximum absolute atomic E-state index is 13.5. The number of rotatable bonds is 4. The zero-order chi connectivity index (χ0) is 21.8. The van der Waals surface area contributed by atoms with Gasteiger partial charge in [0.1, 0.15) is 5.82 Å². The van der Waals surface area contributed by atoms with Crippen LogP contribution in [0.3, 0.4) is 0 Å². The summed E-state index contributed by atoms with van der Waals surface area (Å²) < 4.78 is 18.1. The largest absolute Gasteiger partial charge is 0.281 e. The highest BCUT2D eigenvalue weighted by atomic mass is 32.1. The molecule has 5 rings (SSSR count). The Morgan fingerprint density at radius 2 is 1.74 bits per heavy atom. The Bertz CT molecular complexity index is 1150. The number of halogens is 1. The van der Waals surface area contributed by atoms with Crippen molar-refractivity contribution in [3.8, 4) is 17.1 Å². The molecular weight excluding hydrogens is 407 g/mol. The normalized spacial score (nSPS) is 25.1. The zero-order valence-corrected chi connectivity index (χ0v) is 19.2. The molecule has 4 nitrogen and oxygen atoms in total. The van der Waals surface area contributed by atoms with E-state index in [-0.39, 0.29) is 5.82 Å². The molecule has 3 aromatic rings. The molecule has 31 heavy (non-hydrogen) atoms. The summed E-state index contributed by atoms with van der Waals surface area (Å²) in [5.41, 5.74) is 2.54. The third-order valence-electron chi connectivity index (χ3n) is 6.79. The molecule has 2 heterocycles. The van der Waals surface area contributed by atoms with Gasteiger partial charge in [-0.2, -0.15) is 0 Å². The van der Waals surface area contributed by atoms with E-state index in [4.69, 9.17) is 17.3 Å². The highest BCUT2D eigenvalue weighted by Gasteiger charge is 2.49. The van der Waals surface area contributed by atoms with Gasteiger partial charge in [0, 0.05) is 23.8 Å². The van der Waals surface area contributed by atoms with Gasteiger partial charge >= 0.3 is 0 Å². The molecule has 1 aliphatic heterocycles. The summed E-state index contributed by atoms with van der Waals surface area (Å²) in [6.07, 6.45) is 3.71. The van der Waals surface area contributed by atoms with Crippen molar-refractivity contribution >= 4 is 12.2 Å². The maximum Gasteiger partial charge on any atom is 0.204 e. The highest BCUT2D eigenvalue weighted by Crippen LogP contribution is 2.52. The fourth-order valence-corrected chi connectivity index (χ4v) is 6.30. The average Bonchev–Trinajstić information content (AvgIpc) is 3.15. The second-order valence-corrected chi connectivity index (χ2v) is 10.8. The molecule has 162 valence electrons. The molecule has 2 bridgehead atoms. The molecule has 0 spiro atoms. The lowest BCUT2D eigenvalue weighted by atomic mass is 9.65. The minimum Gasteiger partial charge on any atom is -0.281 e. The maximum atomic E-state index is 13.5. The van der Waals surface area contributed by atoms with Crippen LogP contribution in [0.2, 0.25) is 0 Å². The molecule has 0 unspecified atom stereocenters. The summed E-state index contributed by atoms with van der Waals surface area (Å²) in [6, 6.07) is 17.1. The standard InChI is InChI=1S/C25H29FN4S/c1-24(2)13-21-14-25(3,15-24)16-28(21)17-29-23(31)30(20-7-5-4-6-8-20)22(27-29)18-9-11-19(26)12-10-18/h4-12,21H,13-17H2,1-3H3/t21-,25-/m0/s1. The molecule has 2 fully saturated rings. The predicted octanol–water partition coefficient (Wildman–Crippen LogP) is 6.07. The molecule has 1 saturated heterocycles. The van der Waals surface area contributed by atoms with Crippen molar-refractivity contribution < 1.29 is 4.39 Å². The number of hydrogen-bond donors (Lipinski definition) is 0. The smallest absolute Gasteiger partial charge is 0.204 e. The van der Waals surface area contributed by atoms with Crippen molar-refractivity contribution in [2.24, 2.45) is 10.8 Å². The summed E-state index contributed by atoms with van der Waals surface area (Å²) >= 11 is 5.91. The van der Waals surface area contributed by atoms with Crippen LogP contribution in [0, 0.1) is 21.4 Å². The molecule has 0 amide bonds. The number of benzene rings is 2. The summed E-state index contributed by atoms with van der Waals surface area (Å²) in [6.45, 7) is 8.97. The van der Waals surface area contributed by atoms with Gasteiger partial charge in [0.05, 0.1) is 6.67 Å².